The molecule has 0 saturated heterocycles. The molecule has 1 amide bonds. The van der Waals surface area contributed by atoms with Crippen LogP contribution in [-0.4, -0.2) is 26.4 Å². The number of carbonyl (C=O) groups is 1. The van der Waals surface area contributed by atoms with Gasteiger partial charge in [0.1, 0.15) is 5.75 Å². The molecule has 3 aromatic rings. The normalized spacial score (nSPS) is 12.3. The van der Waals surface area contributed by atoms with Crippen molar-refractivity contribution in [1.29, 1.82) is 0 Å². The van der Waals surface area contributed by atoms with Crippen LogP contribution < -0.4 is 10.1 Å². The standard InChI is InChI=1S/C26H33ClN4O2S/c1-16(2)14-31-25(19(6)33-23-10-8-7-9-21(23)17(3)4)29-30-26(31)34-15-24(32)28-20-12-11-18(5)22(27)13-20/h7-13,16-17,19H,14-15H2,1-6H3,(H,28,32). The number of hydrogen-bond acceptors (Lipinski definition) is 5. The van der Waals surface area contributed by atoms with Gasteiger partial charge in [-0.3, -0.25) is 4.79 Å². The number of anilines is 1. The first-order valence-corrected chi connectivity index (χ1v) is 12.9. The van der Waals surface area contributed by atoms with Crippen molar-refractivity contribution in [2.24, 2.45) is 5.92 Å². The summed E-state index contributed by atoms with van der Waals surface area (Å²) in [6.45, 7) is 13.2. The van der Waals surface area contributed by atoms with Gasteiger partial charge in [-0.15, -0.1) is 10.2 Å². The van der Waals surface area contributed by atoms with E-state index < -0.39 is 0 Å². The third-order valence-electron chi connectivity index (χ3n) is 5.29. The second kappa shape index (κ2) is 11.8. The van der Waals surface area contributed by atoms with E-state index in [2.05, 4.69) is 53.8 Å². The molecular weight excluding hydrogens is 468 g/mol. The molecule has 2 aromatic carbocycles. The molecule has 0 aliphatic rings. The number of para-hydroxylation sites is 1. The molecule has 8 heteroatoms. The fourth-order valence-corrected chi connectivity index (χ4v) is 4.49. The van der Waals surface area contributed by atoms with E-state index in [1.165, 1.54) is 11.8 Å². The molecule has 6 nitrogen and oxygen atoms in total. The van der Waals surface area contributed by atoms with Gasteiger partial charge in [0.15, 0.2) is 17.1 Å². The molecule has 0 saturated carbocycles. The number of thioether (sulfide) groups is 1. The van der Waals surface area contributed by atoms with E-state index in [-0.39, 0.29) is 17.8 Å². The van der Waals surface area contributed by atoms with E-state index >= 15 is 0 Å². The number of aromatic nitrogens is 3. The predicted octanol–water partition coefficient (Wildman–Crippen LogP) is 6.89. The number of rotatable bonds is 10. The topological polar surface area (TPSA) is 69.0 Å². The van der Waals surface area contributed by atoms with Crippen molar-refractivity contribution < 1.29 is 9.53 Å². The number of nitrogens with one attached hydrogen (secondary N) is 1. The molecule has 0 fully saturated rings. The summed E-state index contributed by atoms with van der Waals surface area (Å²) in [4.78, 5) is 12.5. The van der Waals surface area contributed by atoms with E-state index in [0.29, 0.717) is 27.7 Å². The van der Waals surface area contributed by atoms with Crippen LogP contribution in [0.4, 0.5) is 5.69 Å². The van der Waals surface area contributed by atoms with E-state index in [4.69, 9.17) is 16.3 Å². The summed E-state index contributed by atoms with van der Waals surface area (Å²) in [6, 6.07) is 13.6. The van der Waals surface area contributed by atoms with Crippen LogP contribution in [0.3, 0.4) is 0 Å². The van der Waals surface area contributed by atoms with E-state index in [0.717, 1.165) is 29.2 Å². The minimum Gasteiger partial charge on any atom is -0.482 e. The molecule has 0 aliphatic carbocycles. The van der Waals surface area contributed by atoms with Gasteiger partial charge in [0, 0.05) is 17.3 Å². The zero-order chi connectivity index (χ0) is 24.8. The first-order valence-electron chi connectivity index (χ1n) is 11.5. The Hall–Kier alpha value is -2.51. The van der Waals surface area contributed by atoms with Crippen molar-refractivity contribution in [2.75, 3.05) is 11.1 Å². The van der Waals surface area contributed by atoms with Gasteiger partial charge < -0.3 is 14.6 Å². The summed E-state index contributed by atoms with van der Waals surface area (Å²) in [5.41, 5.74) is 2.80. The SMILES string of the molecule is Cc1ccc(NC(=O)CSc2nnc(C(C)Oc3ccccc3C(C)C)n2CC(C)C)cc1Cl. The fraction of sp³-hybridized carbons (Fsp3) is 0.423. The van der Waals surface area contributed by atoms with Crippen molar-refractivity contribution in [3.8, 4) is 5.75 Å². The highest BCUT2D eigenvalue weighted by Gasteiger charge is 2.22. The van der Waals surface area contributed by atoms with Crippen LogP contribution >= 0.6 is 23.4 Å². The van der Waals surface area contributed by atoms with Gasteiger partial charge >= 0.3 is 0 Å². The summed E-state index contributed by atoms with van der Waals surface area (Å²) in [5.74, 6) is 2.43. The van der Waals surface area contributed by atoms with Gasteiger partial charge in [0.05, 0.1) is 5.75 Å². The minimum absolute atomic E-state index is 0.124. The van der Waals surface area contributed by atoms with Gasteiger partial charge in [-0.05, 0) is 55.0 Å². The third kappa shape index (κ3) is 6.76. The number of amides is 1. The van der Waals surface area contributed by atoms with E-state index in [9.17, 15) is 4.79 Å². The molecule has 0 aliphatic heterocycles. The van der Waals surface area contributed by atoms with Crippen molar-refractivity contribution in [3.63, 3.8) is 0 Å². The van der Waals surface area contributed by atoms with Crippen LogP contribution in [0, 0.1) is 12.8 Å². The highest BCUT2D eigenvalue weighted by Crippen LogP contribution is 2.31. The number of aryl methyl sites for hydroxylation is 1. The van der Waals surface area contributed by atoms with Gasteiger partial charge in [-0.2, -0.15) is 0 Å². The third-order valence-corrected chi connectivity index (χ3v) is 6.66. The number of carbonyl (C=O) groups excluding carboxylic acids is 1. The van der Waals surface area contributed by atoms with Crippen LogP contribution in [0.2, 0.25) is 5.02 Å². The zero-order valence-corrected chi connectivity index (χ0v) is 22.2. The van der Waals surface area contributed by atoms with Crippen LogP contribution in [0.1, 0.15) is 63.6 Å². The average Bonchev–Trinajstić information content (AvgIpc) is 3.17. The Morgan fingerprint density at radius 1 is 1.12 bits per heavy atom. The molecule has 1 heterocycles. The zero-order valence-electron chi connectivity index (χ0n) is 20.6. The number of ether oxygens (including phenoxy) is 1. The number of halogens is 1. The summed E-state index contributed by atoms with van der Waals surface area (Å²) >= 11 is 7.53. The molecule has 0 bridgehead atoms. The molecule has 182 valence electrons. The predicted molar refractivity (Wildman–Crippen MR) is 140 cm³/mol. The van der Waals surface area contributed by atoms with E-state index in [1.807, 2.05) is 44.2 Å². The summed E-state index contributed by atoms with van der Waals surface area (Å²) in [5, 5.41) is 13.1. The molecule has 0 spiro atoms. The molecule has 34 heavy (non-hydrogen) atoms. The lowest BCUT2D eigenvalue weighted by Gasteiger charge is -2.20. The molecule has 1 N–H and O–H groups in total. The Bertz CT molecular complexity index is 1130. The maximum absolute atomic E-state index is 12.5. The molecule has 0 radical (unpaired) electrons. The van der Waals surface area contributed by atoms with Crippen molar-refractivity contribution in [1.82, 2.24) is 14.8 Å². The van der Waals surface area contributed by atoms with Gasteiger partial charge in [-0.1, -0.05) is 75.3 Å². The van der Waals surface area contributed by atoms with Crippen molar-refractivity contribution in [2.45, 2.75) is 65.3 Å². The highest BCUT2D eigenvalue weighted by molar-refractivity contribution is 7.99. The Kier molecular flexibility index (Phi) is 9.03. The van der Waals surface area contributed by atoms with Gasteiger partial charge in [0.2, 0.25) is 5.91 Å². The van der Waals surface area contributed by atoms with Crippen LogP contribution in [-0.2, 0) is 11.3 Å². The summed E-state index contributed by atoms with van der Waals surface area (Å²) in [7, 11) is 0. The monoisotopic (exact) mass is 500 g/mol. The van der Waals surface area contributed by atoms with Crippen molar-refractivity contribution >= 4 is 35.0 Å². The fourth-order valence-electron chi connectivity index (χ4n) is 3.55. The summed E-state index contributed by atoms with van der Waals surface area (Å²) in [6.07, 6.45) is -0.288. The molecule has 1 unspecified atom stereocenters. The first-order chi connectivity index (χ1) is 16.2. The molecular formula is C26H33ClN4O2S. The molecule has 1 aromatic heterocycles. The minimum atomic E-state index is -0.288. The first kappa shape index (κ1) is 26.1. The average molecular weight is 501 g/mol. The maximum atomic E-state index is 12.5. The Morgan fingerprint density at radius 2 is 1.85 bits per heavy atom. The Morgan fingerprint density at radius 3 is 2.53 bits per heavy atom. The largest absolute Gasteiger partial charge is 0.482 e. The van der Waals surface area contributed by atoms with Gasteiger partial charge in [0.25, 0.3) is 0 Å². The second-order valence-electron chi connectivity index (χ2n) is 9.10. The Labute approximate surface area is 211 Å². The number of hydrogen-bond donors (Lipinski definition) is 1. The molecule has 1 atom stereocenters. The van der Waals surface area contributed by atoms with Crippen LogP contribution in [0.25, 0.3) is 0 Å². The lowest BCUT2D eigenvalue weighted by molar-refractivity contribution is -0.113. The van der Waals surface area contributed by atoms with Crippen LogP contribution in [0.5, 0.6) is 5.75 Å². The summed E-state index contributed by atoms with van der Waals surface area (Å²) < 4.78 is 8.39. The maximum Gasteiger partial charge on any atom is 0.234 e. The van der Waals surface area contributed by atoms with Gasteiger partial charge in [-0.25, -0.2) is 0 Å². The highest BCUT2D eigenvalue weighted by atomic mass is 35.5. The number of nitrogens with zero attached hydrogens (tertiary/aromatic N) is 3. The smallest absolute Gasteiger partial charge is 0.234 e. The second-order valence-corrected chi connectivity index (χ2v) is 10.4. The quantitative estimate of drug-likeness (QED) is 0.307. The lowest BCUT2D eigenvalue weighted by atomic mass is 10.0. The number of benzene rings is 2. The molecule has 3 rings (SSSR count). The van der Waals surface area contributed by atoms with Crippen molar-refractivity contribution in [3.05, 3.63) is 64.4 Å². The van der Waals surface area contributed by atoms with E-state index in [1.54, 1.807) is 6.07 Å². The Balaban J connectivity index is 1.73. The van der Waals surface area contributed by atoms with Crippen LogP contribution in [0.15, 0.2) is 47.6 Å². The lowest BCUT2D eigenvalue weighted by Crippen LogP contribution is -2.17.